The van der Waals surface area contributed by atoms with E-state index in [1.165, 1.54) is 77.0 Å². The lowest BCUT2D eigenvalue weighted by atomic mass is 10.1. The number of benzene rings is 2. The molecule has 2 aliphatic heterocycles. The fourth-order valence-corrected chi connectivity index (χ4v) is 6.71. The molecule has 3 aromatic carbocycles. The van der Waals surface area contributed by atoms with Gasteiger partial charge in [-0.2, -0.15) is 0 Å². The van der Waals surface area contributed by atoms with Gasteiger partial charge >= 0.3 is 0 Å². The first kappa shape index (κ1) is 35.3. The van der Waals surface area contributed by atoms with Gasteiger partial charge in [0.2, 0.25) is 10.9 Å². The summed E-state index contributed by atoms with van der Waals surface area (Å²) in [6.07, 6.45) is 26.8. The van der Waals surface area contributed by atoms with Gasteiger partial charge in [-0.25, -0.2) is 0 Å². The van der Waals surface area contributed by atoms with Gasteiger partial charge < -0.3 is 19.3 Å². The monoisotopic (exact) mass is 650 g/mol. The lowest BCUT2D eigenvalue weighted by Crippen LogP contribution is -2.64. The van der Waals surface area contributed by atoms with Crippen molar-refractivity contribution >= 4 is 23.5 Å². The second-order valence-corrected chi connectivity index (χ2v) is 13.2. The summed E-state index contributed by atoms with van der Waals surface area (Å²) < 4.78 is 12.4. The van der Waals surface area contributed by atoms with Crippen molar-refractivity contribution in [3.05, 3.63) is 104 Å². The van der Waals surface area contributed by atoms with E-state index in [0.29, 0.717) is 6.42 Å². The van der Waals surface area contributed by atoms with Crippen LogP contribution in [0.1, 0.15) is 110 Å². The van der Waals surface area contributed by atoms with Gasteiger partial charge in [0.25, 0.3) is 0 Å². The fraction of sp³-hybridized carbons (Fsp3) is 0.476. The molecule has 0 N–H and O–H groups in total. The molecule has 256 valence electrons. The summed E-state index contributed by atoms with van der Waals surface area (Å²) in [6, 6.07) is 16.2. The quantitative estimate of drug-likeness (QED) is 0.115. The van der Waals surface area contributed by atoms with Crippen molar-refractivity contribution < 1.29 is 9.47 Å². The van der Waals surface area contributed by atoms with Crippen molar-refractivity contribution in [2.75, 3.05) is 22.9 Å². The second-order valence-electron chi connectivity index (χ2n) is 13.2. The minimum Gasteiger partial charge on any atom is -0.465 e. The summed E-state index contributed by atoms with van der Waals surface area (Å²) >= 11 is 0. The first-order valence-corrected chi connectivity index (χ1v) is 18.6. The molecule has 0 aliphatic carbocycles. The van der Waals surface area contributed by atoms with E-state index in [-0.39, 0.29) is 27.5 Å². The maximum absolute atomic E-state index is 13.0. The van der Waals surface area contributed by atoms with E-state index in [1.54, 1.807) is 18.2 Å². The molecule has 0 radical (unpaired) electrons. The number of rotatable bonds is 20. The molecule has 5 rings (SSSR count). The molecule has 0 saturated heterocycles. The zero-order chi connectivity index (χ0) is 33.6. The van der Waals surface area contributed by atoms with E-state index in [0.717, 1.165) is 54.7 Å². The zero-order valence-electron chi connectivity index (χ0n) is 29.1. The highest BCUT2D eigenvalue weighted by Crippen LogP contribution is 2.39. The second kappa shape index (κ2) is 18.5. The third kappa shape index (κ3) is 9.09. The van der Waals surface area contributed by atoms with E-state index < -0.39 is 0 Å². The van der Waals surface area contributed by atoms with Crippen molar-refractivity contribution in [3.8, 4) is 11.5 Å². The van der Waals surface area contributed by atoms with Crippen molar-refractivity contribution in [2.24, 2.45) is 0 Å². The first-order chi connectivity index (χ1) is 23.6. The largest absolute Gasteiger partial charge is 0.465 e. The number of anilines is 2. The molecule has 3 aromatic rings. The Morgan fingerprint density at radius 3 is 1.92 bits per heavy atom. The summed E-state index contributed by atoms with van der Waals surface area (Å²) in [7, 11) is 0. The molecule has 0 bridgehead atoms. The minimum absolute atomic E-state index is 0.200. The Kier molecular flexibility index (Phi) is 13.6. The SMILES string of the molecule is CCCCCCCCCCN1c2ccccc2OC1C=CC=c1c(=O)c(=CC/C=C2/Oc3ccccc3N2CCCCCCCC)c1=O. The molecule has 0 aromatic heterocycles. The number of para-hydroxylation sites is 4. The lowest BCUT2D eigenvalue weighted by molar-refractivity contribution is 0.272. The zero-order valence-corrected chi connectivity index (χ0v) is 29.1. The van der Waals surface area contributed by atoms with Crippen LogP contribution in [0.3, 0.4) is 0 Å². The number of nitrogens with zero attached hydrogens (tertiary/aromatic N) is 2. The van der Waals surface area contributed by atoms with Crippen molar-refractivity contribution in [3.63, 3.8) is 0 Å². The molecular weight excluding hydrogens is 596 g/mol. The van der Waals surface area contributed by atoms with Crippen LogP contribution in [0.15, 0.2) is 82.2 Å². The number of unbranched alkanes of at least 4 members (excludes halogenated alkanes) is 12. The van der Waals surface area contributed by atoms with Crippen LogP contribution in [0.2, 0.25) is 0 Å². The molecule has 1 unspecified atom stereocenters. The van der Waals surface area contributed by atoms with Gasteiger partial charge in [0, 0.05) is 13.1 Å². The number of hydrogen-bond acceptors (Lipinski definition) is 6. The smallest absolute Gasteiger partial charge is 0.200 e. The molecule has 2 heterocycles. The van der Waals surface area contributed by atoms with Crippen molar-refractivity contribution in [1.29, 1.82) is 0 Å². The Morgan fingerprint density at radius 1 is 0.646 bits per heavy atom. The first-order valence-electron chi connectivity index (χ1n) is 18.6. The molecular formula is C42H54N2O4. The third-order valence-electron chi connectivity index (χ3n) is 9.49. The molecule has 48 heavy (non-hydrogen) atoms. The molecule has 0 saturated carbocycles. The molecule has 2 aliphatic rings. The Morgan fingerprint density at radius 2 is 1.23 bits per heavy atom. The maximum atomic E-state index is 13.0. The molecule has 6 nitrogen and oxygen atoms in total. The topological polar surface area (TPSA) is 59.1 Å². The number of ether oxygens (including phenoxy) is 2. The van der Waals surface area contributed by atoms with Crippen LogP contribution in [-0.4, -0.2) is 19.3 Å². The average Bonchev–Trinajstić information content (AvgIpc) is 3.64. The highest BCUT2D eigenvalue weighted by atomic mass is 16.5. The molecule has 0 fully saturated rings. The Hall–Kier alpha value is -4.06. The average molecular weight is 651 g/mol. The van der Waals surface area contributed by atoms with Crippen LogP contribution in [0.5, 0.6) is 11.5 Å². The van der Waals surface area contributed by atoms with E-state index >= 15 is 0 Å². The van der Waals surface area contributed by atoms with Crippen LogP contribution >= 0.6 is 0 Å². The Balaban J connectivity index is 1.18. The van der Waals surface area contributed by atoms with E-state index in [1.807, 2.05) is 48.6 Å². The number of allylic oxidation sites excluding steroid dienone is 2. The van der Waals surface area contributed by atoms with Gasteiger partial charge in [-0.15, -0.1) is 0 Å². The van der Waals surface area contributed by atoms with Crippen LogP contribution in [-0.2, 0) is 0 Å². The summed E-state index contributed by atoms with van der Waals surface area (Å²) in [5.41, 5.74) is 1.77. The highest BCUT2D eigenvalue weighted by molar-refractivity contribution is 5.66. The van der Waals surface area contributed by atoms with Crippen molar-refractivity contribution in [2.45, 2.75) is 116 Å². The van der Waals surface area contributed by atoms with Gasteiger partial charge in [-0.05, 0) is 61.8 Å². The molecule has 6 heteroatoms. The molecule has 0 amide bonds. The van der Waals surface area contributed by atoms with Crippen molar-refractivity contribution in [1.82, 2.24) is 0 Å². The predicted molar refractivity (Wildman–Crippen MR) is 200 cm³/mol. The Labute approximate surface area is 286 Å². The number of fused-ring (bicyclic) bond motifs is 2. The van der Waals surface area contributed by atoms with Gasteiger partial charge in [0.1, 0.15) is 5.75 Å². The third-order valence-corrected chi connectivity index (χ3v) is 9.49. The predicted octanol–water partition coefficient (Wildman–Crippen LogP) is 8.26. The number of hydrogen-bond donors (Lipinski definition) is 0. The van der Waals surface area contributed by atoms with Gasteiger partial charge in [0.15, 0.2) is 17.9 Å². The fourth-order valence-electron chi connectivity index (χ4n) is 6.71. The molecule has 0 spiro atoms. The molecule has 1 atom stereocenters. The van der Waals surface area contributed by atoms with Gasteiger partial charge in [-0.1, -0.05) is 127 Å². The van der Waals surface area contributed by atoms with Crippen LogP contribution in [0, 0.1) is 0 Å². The van der Waals surface area contributed by atoms with Crippen LogP contribution in [0.4, 0.5) is 11.4 Å². The summed E-state index contributed by atoms with van der Waals surface area (Å²) in [6.45, 7) is 6.28. The van der Waals surface area contributed by atoms with Gasteiger partial charge in [-0.3, -0.25) is 9.59 Å². The van der Waals surface area contributed by atoms with Crippen LogP contribution in [0.25, 0.3) is 12.2 Å². The minimum atomic E-state index is -0.259. The normalized spacial score (nSPS) is 16.0. The highest BCUT2D eigenvalue weighted by Gasteiger charge is 2.28. The lowest BCUT2D eigenvalue weighted by Gasteiger charge is -2.23. The Bertz CT molecular complexity index is 1680. The van der Waals surface area contributed by atoms with Gasteiger partial charge in [0.05, 0.1) is 21.8 Å². The summed E-state index contributed by atoms with van der Waals surface area (Å²) in [4.78, 5) is 30.4. The van der Waals surface area contributed by atoms with Crippen LogP contribution < -0.4 is 40.6 Å². The maximum Gasteiger partial charge on any atom is 0.200 e. The van der Waals surface area contributed by atoms with E-state index in [2.05, 4.69) is 35.8 Å². The van der Waals surface area contributed by atoms with E-state index in [9.17, 15) is 9.59 Å². The summed E-state index contributed by atoms with van der Waals surface area (Å²) in [5.74, 6) is 2.49. The standard InChI is InChI=1S/C42H54N2O4/c1-3-5-7-9-11-12-14-20-32-44-36-26-16-18-28-38(36)48-40(44)30-22-24-34-41(45)33(42(34)46)23-21-29-39-43(31-19-13-10-8-6-4-2)35-25-15-17-27-37(35)47-39/h15-18,22-30,40H,3-14,19-21,31-32H2,1-2H3/b30-22?,33-23?,34-24?,39-29+. The van der Waals surface area contributed by atoms with E-state index in [4.69, 9.17) is 9.47 Å². The summed E-state index contributed by atoms with van der Waals surface area (Å²) in [5, 5.41) is 0.481.